The lowest BCUT2D eigenvalue weighted by atomic mass is 10.1. The fourth-order valence-electron chi connectivity index (χ4n) is 2.78. The SMILES string of the molecule is Cc1cccc(-c2nccc3c2cc2ccccn23)c1. The molecule has 3 aromatic heterocycles. The predicted octanol–water partition coefficient (Wildman–Crippen LogP) is 4.46. The summed E-state index contributed by atoms with van der Waals surface area (Å²) in [6, 6.07) is 19.0. The van der Waals surface area contributed by atoms with Crippen molar-refractivity contribution in [2.24, 2.45) is 0 Å². The second kappa shape index (κ2) is 4.20. The maximum Gasteiger partial charge on any atom is 0.0796 e. The first-order valence-electron chi connectivity index (χ1n) is 6.75. The first-order chi connectivity index (χ1) is 9.83. The summed E-state index contributed by atoms with van der Waals surface area (Å²) in [7, 11) is 0. The van der Waals surface area contributed by atoms with E-state index in [0.29, 0.717) is 0 Å². The number of benzene rings is 1. The van der Waals surface area contributed by atoms with Gasteiger partial charge in [-0.25, -0.2) is 0 Å². The number of hydrogen-bond donors (Lipinski definition) is 0. The third kappa shape index (κ3) is 1.62. The van der Waals surface area contributed by atoms with E-state index in [-0.39, 0.29) is 0 Å². The molecule has 4 aromatic rings. The molecule has 0 unspecified atom stereocenters. The molecule has 2 heteroatoms. The molecule has 0 bridgehead atoms. The average molecular weight is 258 g/mol. The third-order valence-corrected chi connectivity index (χ3v) is 3.70. The van der Waals surface area contributed by atoms with Crippen LogP contribution >= 0.6 is 0 Å². The summed E-state index contributed by atoms with van der Waals surface area (Å²) in [5, 5.41) is 1.20. The van der Waals surface area contributed by atoms with Crippen LogP contribution in [0.2, 0.25) is 0 Å². The van der Waals surface area contributed by atoms with Gasteiger partial charge in [-0.15, -0.1) is 0 Å². The molecule has 0 N–H and O–H groups in total. The van der Waals surface area contributed by atoms with Crippen LogP contribution in [0.15, 0.2) is 67.0 Å². The Bertz CT molecular complexity index is 919. The fraction of sp³-hybridized carbons (Fsp3) is 0.0556. The van der Waals surface area contributed by atoms with E-state index in [9.17, 15) is 0 Å². The highest BCUT2D eigenvalue weighted by molar-refractivity contribution is 5.97. The summed E-state index contributed by atoms with van der Waals surface area (Å²) < 4.78 is 2.20. The van der Waals surface area contributed by atoms with E-state index in [1.807, 2.05) is 6.20 Å². The molecular weight excluding hydrogens is 244 g/mol. The largest absolute Gasteiger partial charge is 0.316 e. The highest BCUT2D eigenvalue weighted by Crippen LogP contribution is 2.29. The van der Waals surface area contributed by atoms with Gasteiger partial charge in [0.15, 0.2) is 0 Å². The zero-order valence-corrected chi connectivity index (χ0v) is 11.2. The molecule has 0 fully saturated rings. The number of aryl methyl sites for hydroxylation is 1. The van der Waals surface area contributed by atoms with Gasteiger partial charge in [0.25, 0.3) is 0 Å². The molecule has 1 aromatic carbocycles. The van der Waals surface area contributed by atoms with Gasteiger partial charge in [0.1, 0.15) is 0 Å². The van der Waals surface area contributed by atoms with Crippen molar-refractivity contribution < 1.29 is 0 Å². The Hall–Kier alpha value is -2.61. The van der Waals surface area contributed by atoms with Crippen LogP contribution in [0.3, 0.4) is 0 Å². The monoisotopic (exact) mass is 258 g/mol. The smallest absolute Gasteiger partial charge is 0.0796 e. The van der Waals surface area contributed by atoms with E-state index >= 15 is 0 Å². The van der Waals surface area contributed by atoms with Crippen molar-refractivity contribution >= 4 is 16.4 Å². The van der Waals surface area contributed by atoms with E-state index in [2.05, 4.69) is 77.1 Å². The predicted molar refractivity (Wildman–Crippen MR) is 82.9 cm³/mol. The van der Waals surface area contributed by atoms with E-state index < -0.39 is 0 Å². The first kappa shape index (κ1) is 11.2. The Balaban J connectivity index is 2.10. The van der Waals surface area contributed by atoms with Crippen molar-refractivity contribution in [1.29, 1.82) is 0 Å². The zero-order valence-electron chi connectivity index (χ0n) is 11.2. The van der Waals surface area contributed by atoms with Crippen LogP contribution in [-0.2, 0) is 0 Å². The van der Waals surface area contributed by atoms with Crippen molar-refractivity contribution in [3.63, 3.8) is 0 Å². The normalized spacial score (nSPS) is 11.2. The van der Waals surface area contributed by atoms with E-state index in [0.717, 1.165) is 5.69 Å². The number of fused-ring (bicyclic) bond motifs is 3. The Morgan fingerprint density at radius 3 is 2.80 bits per heavy atom. The summed E-state index contributed by atoms with van der Waals surface area (Å²) in [5.74, 6) is 0. The number of aromatic nitrogens is 2. The summed E-state index contributed by atoms with van der Waals surface area (Å²) in [6.07, 6.45) is 3.98. The molecule has 0 saturated carbocycles. The fourth-order valence-corrected chi connectivity index (χ4v) is 2.78. The van der Waals surface area contributed by atoms with Crippen molar-refractivity contribution in [2.45, 2.75) is 6.92 Å². The highest BCUT2D eigenvalue weighted by Gasteiger charge is 2.09. The van der Waals surface area contributed by atoms with Crippen LogP contribution in [0.25, 0.3) is 27.7 Å². The van der Waals surface area contributed by atoms with Crippen molar-refractivity contribution in [2.75, 3.05) is 0 Å². The van der Waals surface area contributed by atoms with Crippen LogP contribution in [-0.4, -0.2) is 9.38 Å². The number of hydrogen-bond acceptors (Lipinski definition) is 1. The average Bonchev–Trinajstić information content (AvgIpc) is 2.86. The van der Waals surface area contributed by atoms with Crippen LogP contribution in [0.5, 0.6) is 0 Å². The second-order valence-electron chi connectivity index (χ2n) is 5.10. The maximum absolute atomic E-state index is 4.60. The van der Waals surface area contributed by atoms with Gasteiger partial charge in [0.05, 0.1) is 11.2 Å². The summed E-state index contributed by atoms with van der Waals surface area (Å²) in [6.45, 7) is 2.11. The summed E-state index contributed by atoms with van der Waals surface area (Å²) in [4.78, 5) is 4.60. The number of nitrogens with zero attached hydrogens (tertiary/aromatic N) is 2. The minimum Gasteiger partial charge on any atom is -0.316 e. The lowest BCUT2D eigenvalue weighted by Crippen LogP contribution is -1.86. The zero-order chi connectivity index (χ0) is 13.5. The molecule has 3 heterocycles. The molecule has 0 aliphatic carbocycles. The molecule has 0 aliphatic rings. The van der Waals surface area contributed by atoms with Crippen LogP contribution in [0, 0.1) is 6.92 Å². The lowest BCUT2D eigenvalue weighted by molar-refractivity contribution is 1.24. The van der Waals surface area contributed by atoms with E-state index in [4.69, 9.17) is 0 Å². The van der Waals surface area contributed by atoms with Crippen LogP contribution < -0.4 is 0 Å². The van der Waals surface area contributed by atoms with Gasteiger partial charge in [-0.05, 0) is 37.3 Å². The van der Waals surface area contributed by atoms with Crippen LogP contribution in [0.4, 0.5) is 0 Å². The Morgan fingerprint density at radius 2 is 1.90 bits per heavy atom. The minimum absolute atomic E-state index is 1.05. The molecule has 0 amide bonds. The van der Waals surface area contributed by atoms with Gasteiger partial charge in [-0.2, -0.15) is 0 Å². The van der Waals surface area contributed by atoms with Crippen molar-refractivity contribution in [1.82, 2.24) is 9.38 Å². The Kier molecular flexibility index (Phi) is 2.36. The van der Waals surface area contributed by atoms with E-state index in [1.165, 1.54) is 27.5 Å². The lowest BCUT2D eigenvalue weighted by Gasteiger charge is -2.04. The minimum atomic E-state index is 1.05. The molecule has 0 aliphatic heterocycles. The molecule has 2 nitrogen and oxygen atoms in total. The van der Waals surface area contributed by atoms with Gasteiger partial charge >= 0.3 is 0 Å². The molecule has 0 spiro atoms. The van der Waals surface area contributed by atoms with Crippen LogP contribution in [0.1, 0.15) is 5.56 Å². The number of pyridine rings is 2. The second-order valence-corrected chi connectivity index (χ2v) is 5.10. The molecule has 20 heavy (non-hydrogen) atoms. The molecule has 96 valence electrons. The highest BCUT2D eigenvalue weighted by atomic mass is 14.9. The first-order valence-corrected chi connectivity index (χ1v) is 6.75. The van der Waals surface area contributed by atoms with Gasteiger partial charge < -0.3 is 4.40 Å². The summed E-state index contributed by atoms with van der Waals surface area (Å²) in [5.41, 5.74) is 5.88. The Morgan fingerprint density at radius 1 is 0.950 bits per heavy atom. The quantitative estimate of drug-likeness (QED) is 0.492. The molecule has 4 rings (SSSR count). The molecular formula is C18H14N2. The molecule has 0 atom stereocenters. The molecule has 0 radical (unpaired) electrons. The number of rotatable bonds is 1. The van der Waals surface area contributed by atoms with Gasteiger partial charge in [-0.1, -0.05) is 29.8 Å². The standard InChI is InChI=1S/C18H14N2/c1-13-5-4-6-14(11-13)18-16-12-15-7-2-3-10-20(15)17(16)8-9-19-18/h2-12H,1H3. The third-order valence-electron chi connectivity index (χ3n) is 3.70. The van der Waals surface area contributed by atoms with Gasteiger partial charge in [0, 0.05) is 28.9 Å². The van der Waals surface area contributed by atoms with Gasteiger partial charge in [-0.3, -0.25) is 4.98 Å². The van der Waals surface area contributed by atoms with E-state index in [1.54, 1.807) is 0 Å². The Labute approximate surface area is 117 Å². The maximum atomic E-state index is 4.60. The summed E-state index contributed by atoms with van der Waals surface area (Å²) >= 11 is 0. The topological polar surface area (TPSA) is 17.3 Å². The van der Waals surface area contributed by atoms with Crippen molar-refractivity contribution in [3.8, 4) is 11.3 Å². The van der Waals surface area contributed by atoms with Gasteiger partial charge in [0.2, 0.25) is 0 Å². The van der Waals surface area contributed by atoms with Crippen molar-refractivity contribution in [3.05, 3.63) is 72.6 Å². The molecule has 0 saturated heterocycles.